The van der Waals surface area contributed by atoms with Crippen LogP contribution in [0.15, 0.2) is 0 Å². The summed E-state index contributed by atoms with van der Waals surface area (Å²) < 4.78 is 6.22. The van der Waals surface area contributed by atoms with E-state index in [1.165, 1.54) is 44.9 Å². The van der Waals surface area contributed by atoms with Crippen LogP contribution in [0.5, 0.6) is 0 Å². The van der Waals surface area contributed by atoms with Gasteiger partial charge in [-0.25, -0.2) is 0 Å². The Morgan fingerprint density at radius 1 is 1.17 bits per heavy atom. The van der Waals surface area contributed by atoms with Crippen molar-refractivity contribution in [2.24, 2.45) is 11.3 Å². The van der Waals surface area contributed by atoms with E-state index in [1.54, 1.807) is 0 Å². The van der Waals surface area contributed by atoms with E-state index >= 15 is 0 Å². The largest absolute Gasteiger partial charge is 0.378 e. The van der Waals surface area contributed by atoms with Gasteiger partial charge < -0.3 is 10.1 Å². The third kappa shape index (κ3) is 2.60. The van der Waals surface area contributed by atoms with Gasteiger partial charge in [-0.2, -0.15) is 0 Å². The fraction of sp³-hybridized carbons (Fsp3) is 1.00. The maximum Gasteiger partial charge on any atom is 0.0661 e. The normalized spacial score (nSPS) is 30.8. The fourth-order valence-electron chi connectivity index (χ4n) is 3.87. The van der Waals surface area contributed by atoms with Crippen LogP contribution in [0.25, 0.3) is 0 Å². The summed E-state index contributed by atoms with van der Waals surface area (Å²) in [6.07, 6.45) is 9.86. The van der Waals surface area contributed by atoms with Crippen molar-refractivity contribution < 1.29 is 4.74 Å². The molecule has 18 heavy (non-hydrogen) atoms. The van der Waals surface area contributed by atoms with Crippen molar-refractivity contribution >= 4 is 0 Å². The Morgan fingerprint density at radius 3 is 2.39 bits per heavy atom. The number of ether oxygens (including phenoxy) is 1. The van der Waals surface area contributed by atoms with E-state index in [2.05, 4.69) is 26.1 Å². The highest BCUT2D eigenvalue weighted by Gasteiger charge is 2.52. The zero-order valence-corrected chi connectivity index (χ0v) is 12.5. The average molecular weight is 253 g/mol. The molecule has 2 aliphatic rings. The van der Waals surface area contributed by atoms with Crippen LogP contribution in [0.2, 0.25) is 0 Å². The van der Waals surface area contributed by atoms with E-state index in [1.807, 2.05) is 0 Å². The molecular formula is C16H31NO. The molecule has 2 heteroatoms. The summed E-state index contributed by atoms with van der Waals surface area (Å²) in [5, 5.41) is 3.65. The zero-order chi connectivity index (χ0) is 13.0. The van der Waals surface area contributed by atoms with Crippen molar-refractivity contribution in [1.29, 1.82) is 0 Å². The van der Waals surface area contributed by atoms with Gasteiger partial charge in [-0.15, -0.1) is 0 Å². The molecule has 2 fully saturated rings. The molecule has 2 rings (SSSR count). The second-order valence-corrected chi connectivity index (χ2v) is 6.23. The molecule has 1 N–H and O–H groups in total. The van der Waals surface area contributed by atoms with Crippen LogP contribution < -0.4 is 5.32 Å². The minimum absolute atomic E-state index is 0.412. The Balaban J connectivity index is 1.76. The van der Waals surface area contributed by atoms with Crippen LogP contribution in [0.1, 0.15) is 65.7 Å². The summed E-state index contributed by atoms with van der Waals surface area (Å²) >= 11 is 0. The van der Waals surface area contributed by atoms with Gasteiger partial charge in [0.1, 0.15) is 0 Å². The molecule has 0 spiro atoms. The predicted molar refractivity (Wildman–Crippen MR) is 76.8 cm³/mol. The molecule has 0 aromatic heterocycles. The Hall–Kier alpha value is -0.0800. The summed E-state index contributed by atoms with van der Waals surface area (Å²) in [4.78, 5) is 0. The highest BCUT2D eigenvalue weighted by Crippen LogP contribution is 2.49. The van der Waals surface area contributed by atoms with E-state index in [9.17, 15) is 0 Å². The maximum atomic E-state index is 6.22. The highest BCUT2D eigenvalue weighted by molar-refractivity contribution is 5.06. The van der Waals surface area contributed by atoms with E-state index < -0.39 is 0 Å². The first-order valence-electron chi connectivity index (χ1n) is 8.11. The predicted octanol–water partition coefficient (Wildman–Crippen LogP) is 3.75. The fourth-order valence-corrected chi connectivity index (χ4v) is 3.87. The first kappa shape index (κ1) is 14.3. The van der Waals surface area contributed by atoms with Crippen LogP contribution in [-0.2, 0) is 4.74 Å². The summed E-state index contributed by atoms with van der Waals surface area (Å²) in [5.74, 6) is 0.979. The van der Waals surface area contributed by atoms with E-state index in [4.69, 9.17) is 4.74 Å². The van der Waals surface area contributed by atoms with Gasteiger partial charge in [-0.3, -0.25) is 0 Å². The van der Waals surface area contributed by atoms with Crippen molar-refractivity contribution in [3.05, 3.63) is 0 Å². The lowest BCUT2D eigenvalue weighted by molar-refractivity contribution is -0.143. The summed E-state index contributed by atoms with van der Waals surface area (Å²) in [7, 11) is 0. The number of nitrogens with one attached hydrogen (secondary N) is 1. The minimum atomic E-state index is 0.412. The molecule has 2 atom stereocenters. The zero-order valence-electron chi connectivity index (χ0n) is 12.5. The average Bonchev–Trinajstić information content (AvgIpc) is 2.31. The van der Waals surface area contributed by atoms with E-state index in [0.29, 0.717) is 17.6 Å². The Kier molecular flexibility index (Phi) is 5.08. The van der Waals surface area contributed by atoms with Gasteiger partial charge in [0.2, 0.25) is 0 Å². The minimum Gasteiger partial charge on any atom is -0.378 e. The van der Waals surface area contributed by atoms with E-state index in [-0.39, 0.29) is 0 Å². The summed E-state index contributed by atoms with van der Waals surface area (Å²) in [6, 6.07) is 0.686. The monoisotopic (exact) mass is 253 g/mol. The van der Waals surface area contributed by atoms with Crippen LogP contribution in [0.3, 0.4) is 0 Å². The molecule has 0 heterocycles. The van der Waals surface area contributed by atoms with Gasteiger partial charge in [0.05, 0.1) is 6.10 Å². The van der Waals surface area contributed by atoms with Gasteiger partial charge in [0.25, 0.3) is 0 Å². The molecule has 0 radical (unpaired) electrons. The molecule has 0 amide bonds. The maximum absolute atomic E-state index is 6.22. The molecule has 2 unspecified atom stereocenters. The van der Waals surface area contributed by atoms with Crippen molar-refractivity contribution in [2.75, 3.05) is 13.2 Å². The van der Waals surface area contributed by atoms with Crippen molar-refractivity contribution in [1.82, 2.24) is 5.32 Å². The van der Waals surface area contributed by atoms with Gasteiger partial charge in [-0.1, -0.05) is 40.0 Å². The Labute approximate surface area is 113 Å². The highest BCUT2D eigenvalue weighted by atomic mass is 16.5. The van der Waals surface area contributed by atoms with Gasteiger partial charge in [-0.05, 0) is 38.1 Å². The summed E-state index contributed by atoms with van der Waals surface area (Å²) in [5.41, 5.74) is 0.412. The lowest BCUT2D eigenvalue weighted by Gasteiger charge is -2.55. The molecule has 2 saturated carbocycles. The standard InChI is InChI=1S/C16H31NO/c1-4-16(5-2)14(17-6-3)12-15(16)18-11-10-13-8-7-9-13/h13-15,17H,4-12H2,1-3H3. The second-order valence-electron chi connectivity index (χ2n) is 6.23. The van der Waals surface area contributed by atoms with Crippen molar-refractivity contribution in [3.8, 4) is 0 Å². The molecule has 2 nitrogen and oxygen atoms in total. The quantitative estimate of drug-likeness (QED) is 0.711. The molecule has 0 aliphatic heterocycles. The van der Waals surface area contributed by atoms with Gasteiger partial charge >= 0.3 is 0 Å². The third-order valence-corrected chi connectivity index (χ3v) is 5.62. The number of rotatable bonds is 8. The van der Waals surface area contributed by atoms with Crippen LogP contribution >= 0.6 is 0 Å². The molecule has 0 bridgehead atoms. The van der Waals surface area contributed by atoms with Crippen LogP contribution in [-0.4, -0.2) is 25.3 Å². The molecule has 0 aromatic rings. The Morgan fingerprint density at radius 2 is 1.89 bits per heavy atom. The first-order valence-corrected chi connectivity index (χ1v) is 8.11. The SMILES string of the molecule is CCNC1CC(OCCC2CCC2)C1(CC)CC. The van der Waals surface area contributed by atoms with Crippen molar-refractivity contribution in [3.63, 3.8) is 0 Å². The lowest BCUT2D eigenvalue weighted by atomic mass is 9.58. The van der Waals surface area contributed by atoms with Gasteiger partial charge in [0, 0.05) is 18.1 Å². The van der Waals surface area contributed by atoms with Crippen molar-refractivity contribution in [2.45, 2.75) is 77.9 Å². The van der Waals surface area contributed by atoms with E-state index in [0.717, 1.165) is 19.1 Å². The second kappa shape index (κ2) is 6.38. The molecule has 0 saturated heterocycles. The first-order chi connectivity index (χ1) is 8.76. The third-order valence-electron chi connectivity index (χ3n) is 5.62. The summed E-state index contributed by atoms with van der Waals surface area (Å²) in [6.45, 7) is 8.95. The lowest BCUT2D eigenvalue weighted by Crippen LogP contribution is -2.63. The molecule has 0 aromatic carbocycles. The number of hydrogen-bond donors (Lipinski definition) is 1. The topological polar surface area (TPSA) is 21.3 Å². The van der Waals surface area contributed by atoms with Crippen LogP contribution in [0.4, 0.5) is 0 Å². The molecule has 2 aliphatic carbocycles. The molecule has 106 valence electrons. The number of hydrogen-bond acceptors (Lipinski definition) is 2. The molecular weight excluding hydrogens is 222 g/mol. The smallest absolute Gasteiger partial charge is 0.0661 e. The Bertz CT molecular complexity index is 245. The van der Waals surface area contributed by atoms with Gasteiger partial charge in [0.15, 0.2) is 0 Å². The van der Waals surface area contributed by atoms with Crippen LogP contribution in [0, 0.1) is 11.3 Å².